The molecule has 6 nitrogen and oxygen atoms in total. The van der Waals surface area contributed by atoms with E-state index in [1.807, 2.05) is 19.9 Å². The maximum atomic E-state index is 11.3. The lowest BCUT2D eigenvalue weighted by Crippen LogP contribution is -2.40. The summed E-state index contributed by atoms with van der Waals surface area (Å²) in [7, 11) is 0. The summed E-state index contributed by atoms with van der Waals surface area (Å²) in [5.74, 6) is -0.428. The van der Waals surface area contributed by atoms with Crippen LogP contribution in [0.25, 0.3) is 0 Å². The Morgan fingerprint density at radius 3 is 2.90 bits per heavy atom. The number of aliphatic carboxylic acids is 1. The Morgan fingerprint density at radius 2 is 2.25 bits per heavy atom. The van der Waals surface area contributed by atoms with Crippen LogP contribution >= 0.6 is 0 Å². The van der Waals surface area contributed by atoms with Crippen molar-refractivity contribution in [2.45, 2.75) is 26.4 Å². The fraction of sp³-hybridized carbons (Fsp3) is 0.429. The summed E-state index contributed by atoms with van der Waals surface area (Å²) in [4.78, 5) is 22.4. The highest BCUT2D eigenvalue weighted by Crippen LogP contribution is 2.28. The molecule has 0 fully saturated rings. The topological polar surface area (TPSA) is 87.7 Å². The van der Waals surface area contributed by atoms with Crippen molar-refractivity contribution < 1.29 is 19.4 Å². The Bertz CT molecular complexity index is 528. The molecular weight excluding hydrogens is 260 g/mol. The Morgan fingerprint density at radius 1 is 1.50 bits per heavy atom. The van der Waals surface area contributed by atoms with Gasteiger partial charge in [0.2, 0.25) is 0 Å². The zero-order chi connectivity index (χ0) is 14.7. The SMILES string of the molecule is CC(C)C(NCc1ccc2c(c1)NC(=O)CO2)C(=O)O. The minimum Gasteiger partial charge on any atom is -0.482 e. The fourth-order valence-corrected chi connectivity index (χ4v) is 2.08. The van der Waals surface area contributed by atoms with Gasteiger partial charge in [-0.2, -0.15) is 0 Å². The van der Waals surface area contributed by atoms with Crippen LogP contribution in [0.3, 0.4) is 0 Å². The van der Waals surface area contributed by atoms with Gasteiger partial charge in [-0.25, -0.2) is 0 Å². The molecule has 108 valence electrons. The maximum absolute atomic E-state index is 11.3. The number of hydrogen-bond acceptors (Lipinski definition) is 4. The van der Waals surface area contributed by atoms with E-state index in [1.54, 1.807) is 12.1 Å². The van der Waals surface area contributed by atoms with Gasteiger partial charge in [0.15, 0.2) is 6.61 Å². The van der Waals surface area contributed by atoms with E-state index in [9.17, 15) is 9.59 Å². The largest absolute Gasteiger partial charge is 0.482 e. The Balaban J connectivity index is 2.05. The lowest BCUT2D eigenvalue weighted by atomic mass is 10.0. The van der Waals surface area contributed by atoms with Crippen LogP contribution in [0.15, 0.2) is 18.2 Å². The maximum Gasteiger partial charge on any atom is 0.320 e. The summed E-state index contributed by atoms with van der Waals surface area (Å²) in [6.45, 7) is 4.15. The van der Waals surface area contributed by atoms with Crippen LogP contribution in [0, 0.1) is 5.92 Å². The van der Waals surface area contributed by atoms with Gasteiger partial charge in [-0.1, -0.05) is 19.9 Å². The minimum atomic E-state index is -0.866. The fourth-order valence-electron chi connectivity index (χ4n) is 2.08. The Labute approximate surface area is 117 Å². The molecule has 1 aliphatic heterocycles. The molecule has 20 heavy (non-hydrogen) atoms. The highest BCUT2D eigenvalue weighted by Gasteiger charge is 2.21. The molecule has 1 aromatic rings. The van der Waals surface area contributed by atoms with E-state index in [1.165, 1.54) is 0 Å². The highest BCUT2D eigenvalue weighted by molar-refractivity contribution is 5.95. The first kappa shape index (κ1) is 14.3. The van der Waals surface area contributed by atoms with Crippen LogP contribution in [-0.2, 0) is 16.1 Å². The lowest BCUT2D eigenvalue weighted by Gasteiger charge is -2.20. The Kier molecular flexibility index (Phi) is 4.24. The number of hydrogen-bond donors (Lipinski definition) is 3. The van der Waals surface area contributed by atoms with Gasteiger partial charge in [0.1, 0.15) is 11.8 Å². The van der Waals surface area contributed by atoms with E-state index in [4.69, 9.17) is 9.84 Å². The normalized spacial score (nSPS) is 15.2. The summed E-state index contributed by atoms with van der Waals surface area (Å²) >= 11 is 0. The quantitative estimate of drug-likeness (QED) is 0.753. The molecule has 1 aliphatic rings. The van der Waals surface area contributed by atoms with Crippen molar-refractivity contribution in [2.75, 3.05) is 11.9 Å². The number of nitrogens with one attached hydrogen (secondary N) is 2. The second-order valence-electron chi connectivity index (χ2n) is 5.11. The minimum absolute atomic E-state index is 0.00633. The van der Waals surface area contributed by atoms with Crippen LogP contribution in [0.4, 0.5) is 5.69 Å². The molecule has 0 bridgehead atoms. The van der Waals surface area contributed by atoms with E-state index in [0.29, 0.717) is 18.0 Å². The van der Waals surface area contributed by atoms with Crippen molar-refractivity contribution in [2.24, 2.45) is 5.92 Å². The van der Waals surface area contributed by atoms with Crippen molar-refractivity contribution in [1.82, 2.24) is 5.32 Å². The summed E-state index contributed by atoms with van der Waals surface area (Å²) in [5, 5.41) is 14.8. The third-order valence-electron chi connectivity index (χ3n) is 3.14. The van der Waals surface area contributed by atoms with Crippen molar-refractivity contribution >= 4 is 17.6 Å². The standard InChI is InChI=1S/C14H18N2O4/c1-8(2)13(14(18)19)15-6-9-3-4-11-10(5-9)16-12(17)7-20-11/h3-5,8,13,15H,6-7H2,1-2H3,(H,16,17)(H,18,19). The first-order valence-corrected chi connectivity index (χ1v) is 6.49. The average Bonchev–Trinajstić information content (AvgIpc) is 2.37. The molecule has 0 saturated heterocycles. The van der Waals surface area contributed by atoms with Gasteiger partial charge < -0.3 is 20.5 Å². The number of carboxylic acid groups (broad SMARTS) is 1. The van der Waals surface area contributed by atoms with E-state index < -0.39 is 12.0 Å². The molecule has 6 heteroatoms. The van der Waals surface area contributed by atoms with Crippen LogP contribution in [-0.4, -0.2) is 29.6 Å². The van der Waals surface area contributed by atoms with E-state index in [0.717, 1.165) is 5.56 Å². The molecule has 1 amide bonds. The molecule has 1 atom stereocenters. The summed E-state index contributed by atoms with van der Waals surface area (Å²) < 4.78 is 5.27. The van der Waals surface area contributed by atoms with Crippen molar-refractivity contribution in [3.63, 3.8) is 0 Å². The van der Waals surface area contributed by atoms with E-state index in [2.05, 4.69) is 10.6 Å². The van der Waals surface area contributed by atoms with E-state index in [-0.39, 0.29) is 18.4 Å². The molecule has 1 heterocycles. The third-order valence-corrected chi connectivity index (χ3v) is 3.14. The van der Waals surface area contributed by atoms with Crippen LogP contribution < -0.4 is 15.4 Å². The van der Waals surface area contributed by atoms with Crippen molar-refractivity contribution in [1.29, 1.82) is 0 Å². The predicted octanol–water partition coefficient (Wildman–Crippen LogP) is 1.22. The number of anilines is 1. The molecule has 0 spiro atoms. The second-order valence-corrected chi connectivity index (χ2v) is 5.11. The molecule has 1 aromatic carbocycles. The lowest BCUT2D eigenvalue weighted by molar-refractivity contribution is -0.140. The molecule has 0 saturated carbocycles. The number of fused-ring (bicyclic) bond motifs is 1. The molecule has 0 aromatic heterocycles. The number of carbonyl (C=O) groups is 2. The number of amides is 1. The van der Waals surface area contributed by atoms with Gasteiger partial charge in [0, 0.05) is 6.54 Å². The third kappa shape index (κ3) is 3.27. The zero-order valence-corrected chi connectivity index (χ0v) is 11.5. The smallest absolute Gasteiger partial charge is 0.320 e. The first-order valence-electron chi connectivity index (χ1n) is 6.49. The van der Waals surface area contributed by atoms with Crippen LogP contribution in [0.2, 0.25) is 0 Å². The van der Waals surface area contributed by atoms with Gasteiger partial charge in [-0.3, -0.25) is 9.59 Å². The van der Waals surface area contributed by atoms with Gasteiger partial charge in [0.25, 0.3) is 5.91 Å². The molecule has 1 unspecified atom stereocenters. The van der Waals surface area contributed by atoms with E-state index >= 15 is 0 Å². The summed E-state index contributed by atoms with van der Waals surface area (Å²) in [5.41, 5.74) is 1.51. The number of rotatable bonds is 5. The highest BCUT2D eigenvalue weighted by atomic mass is 16.5. The molecule has 2 rings (SSSR count). The van der Waals surface area contributed by atoms with Gasteiger partial charge in [0.05, 0.1) is 5.69 Å². The molecule has 0 aliphatic carbocycles. The second kappa shape index (κ2) is 5.92. The monoisotopic (exact) mass is 278 g/mol. The summed E-state index contributed by atoms with van der Waals surface area (Å²) in [6.07, 6.45) is 0. The molecule has 0 radical (unpaired) electrons. The predicted molar refractivity (Wildman–Crippen MR) is 73.7 cm³/mol. The average molecular weight is 278 g/mol. The number of carbonyl (C=O) groups excluding carboxylic acids is 1. The van der Waals surface area contributed by atoms with Crippen molar-refractivity contribution in [3.05, 3.63) is 23.8 Å². The molecule has 3 N–H and O–H groups in total. The first-order chi connectivity index (χ1) is 9.47. The molecular formula is C14H18N2O4. The van der Waals surface area contributed by atoms with Crippen LogP contribution in [0.5, 0.6) is 5.75 Å². The van der Waals surface area contributed by atoms with Gasteiger partial charge >= 0.3 is 5.97 Å². The van der Waals surface area contributed by atoms with Crippen molar-refractivity contribution in [3.8, 4) is 5.75 Å². The number of benzene rings is 1. The number of carboxylic acids is 1. The van der Waals surface area contributed by atoms with Crippen LogP contribution in [0.1, 0.15) is 19.4 Å². The van der Waals surface area contributed by atoms with Gasteiger partial charge in [-0.15, -0.1) is 0 Å². The zero-order valence-electron chi connectivity index (χ0n) is 11.5. The summed E-state index contributed by atoms with van der Waals surface area (Å²) in [6, 6.07) is 4.81. The van der Waals surface area contributed by atoms with Gasteiger partial charge in [-0.05, 0) is 23.6 Å². The number of ether oxygens (including phenoxy) is 1. The Hall–Kier alpha value is -2.08.